The summed E-state index contributed by atoms with van der Waals surface area (Å²) in [6.45, 7) is 0.889. The first kappa shape index (κ1) is 10.2. The van der Waals surface area contributed by atoms with Crippen LogP contribution in [-0.4, -0.2) is 21.0 Å². The molecule has 0 bridgehead atoms. The SMILES string of the molecule is CSc1ncnn1CCc1ccccc1. The summed E-state index contributed by atoms with van der Waals surface area (Å²) in [7, 11) is 0. The molecular formula is C11H13N3S. The second-order valence-electron chi connectivity index (χ2n) is 3.21. The zero-order chi connectivity index (χ0) is 10.5. The second kappa shape index (κ2) is 4.98. The minimum absolute atomic E-state index is 0.889. The summed E-state index contributed by atoms with van der Waals surface area (Å²) in [4.78, 5) is 4.16. The quantitative estimate of drug-likeness (QED) is 0.739. The van der Waals surface area contributed by atoms with Crippen LogP contribution in [0.3, 0.4) is 0 Å². The van der Waals surface area contributed by atoms with Gasteiger partial charge in [-0.15, -0.1) is 0 Å². The Labute approximate surface area is 93.5 Å². The molecule has 0 saturated heterocycles. The minimum atomic E-state index is 0.889. The van der Waals surface area contributed by atoms with Gasteiger partial charge in [-0.1, -0.05) is 42.1 Å². The lowest BCUT2D eigenvalue weighted by Crippen LogP contribution is -2.04. The summed E-state index contributed by atoms with van der Waals surface area (Å²) in [5.74, 6) is 0. The molecule has 0 radical (unpaired) electrons. The van der Waals surface area contributed by atoms with E-state index in [-0.39, 0.29) is 0 Å². The molecule has 0 unspecified atom stereocenters. The Hall–Kier alpha value is -1.29. The molecule has 1 aromatic heterocycles. The fraction of sp³-hybridized carbons (Fsp3) is 0.273. The second-order valence-corrected chi connectivity index (χ2v) is 3.98. The zero-order valence-electron chi connectivity index (χ0n) is 8.63. The van der Waals surface area contributed by atoms with Gasteiger partial charge in [-0.3, -0.25) is 0 Å². The van der Waals surface area contributed by atoms with Crippen molar-refractivity contribution in [3.8, 4) is 0 Å². The van der Waals surface area contributed by atoms with E-state index in [1.165, 1.54) is 5.56 Å². The summed E-state index contributed by atoms with van der Waals surface area (Å²) < 4.78 is 1.94. The monoisotopic (exact) mass is 219 g/mol. The highest BCUT2D eigenvalue weighted by molar-refractivity contribution is 7.98. The fourth-order valence-corrected chi connectivity index (χ4v) is 1.95. The van der Waals surface area contributed by atoms with Gasteiger partial charge in [0.2, 0.25) is 0 Å². The van der Waals surface area contributed by atoms with E-state index in [1.807, 2.05) is 17.0 Å². The lowest BCUT2D eigenvalue weighted by Gasteiger charge is -2.03. The van der Waals surface area contributed by atoms with Crippen LogP contribution < -0.4 is 0 Å². The van der Waals surface area contributed by atoms with Gasteiger partial charge in [0.05, 0.1) is 0 Å². The molecule has 0 amide bonds. The van der Waals surface area contributed by atoms with Gasteiger partial charge in [0.15, 0.2) is 5.16 Å². The van der Waals surface area contributed by atoms with E-state index in [9.17, 15) is 0 Å². The molecule has 15 heavy (non-hydrogen) atoms. The number of hydrogen-bond acceptors (Lipinski definition) is 3. The number of nitrogens with zero attached hydrogens (tertiary/aromatic N) is 3. The smallest absolute Gasteiger partial charge is 0.185 e. The average molecular weight is 219 g/mol. The standard InChI is InChI=1S/C11H13N3S/c1-15-11-12-9-13-14(11)8-7-10-5-3-2-4-6-10/h2-6,9H,7-8H2,1H3. The van der Waals surface area contributed by atoms with Crippen LogP contribution in [-0.2, 0) is 13.0 Å². The molecule has 0 fully saturated rings. The molecule has 0 atom stereocenters. The molecule has 2 aromatic rings. The Kier molecular flexibility index (Phi) is 3.40. The largest absolute Gasteiger partial charge is 0.240 e. The molecule has 0 saturated carbocycles. The molecular weight excluding hydrogens is 206 g/mol. The molecule has 78 valence electrons. The highest BCUT2D eigenvalue weighted by Gasteiger charge is 2.01. The molecule has 0 aliphatic heterocycles. The molecule has 0 spiro atoms. The van der Waals surface area contributed by atoms with Crippen molar-refractivity contribution in [1.29, 1.82) is 0 Å². The normalized spacial score (nSPS) is 10.5. The Morgan fingerprint density at radius 1 is 1.27 bits per heavy atom. The van der Waals surface area contributed by atoms with Crippen molar-refractivity contribution in [1.82, 2.24) is 14.8 Å². The van der Waals surface area contributed by atoms with E-state index in [0.29, 0.717) is 0 Å². The summed E-state index contributed by atoms with van der Waals surface area (Å²) in [5, 5.41) is 5.16. The molecule has 0 aliphatic rings. The molecule has 4 heteroatoms. The van der Waals surface area contributed by atoms with Gasteiger partial charge in [-0.25, -0.2) is 9.67 Å². The molecule has 3 nitrogen and oxygen atoms in total. The predicted octanol–water partition coefficient (Wildman–Crippen LogP) is 2.24. The first-order valence-corrected chi connectivity index (χ1v) is 6.08. The Bertz CT molecular complexity index is 411. The van der Waals surface area contributed by atoms with E-state index >= 15 is 0 Å². The number of aryl methyl sites for hydroxylation is 2. The average Bonchev–Trinajstić information content (AvgIpc) is 2.75. The van der Waals surface area contributed by atoms with E-state index in [1.54, 1.807) is 18.1 Å². The first-order chi connectivity index (χ1) is 7.40. The minimum Gasteiger partial charge on any atom is -0.240 e. The van der Waals surface area contributed by atoms with Gasteiger partial charge in [0, 0.05) is 6.54 Å². The number of benzene rings is 1. The third kappa shape index (κ3) is 2.59. The van der Waals surface area contributed by atoms with E-state index in [4.69, 9.17) is 0 Å². The topological polar surface area (TPSA) is 30.7 Å². The third-order valence-corrected chi connectivity index (χ3v) is 2.90. The fourth-order valence-electron chi connectivity index (χ4n) is 1.44. The van der Waals surface area contributed by atoms with E-state index in [0.717, 1.165) is 18.1 Å². The third-order valence-electron chi connectivity index (χ3n) is 2.22. The summed E-state index contributed by atoms with van der Waals surface area (Å²) in [6, 6.07) is 10.4. The molecule has 2 rings (SSSR count). The summed E-state index contributed by atoms with van der Waals surface area (Å²) in [6.07, 6.45) is 4.62. The lowest BCUT2D eigenvalue weighted by atomic mass is 10.2. The Morgan fingerprint density at radius 2 is 2.07 bits per heavy atom. The van der Waals surface area contributed by atoms with Crippen molar-refractivity contribution in [3.63, 3.8) is 0 Å². The maximum Gasteiger partial charge on any atom is 0.185 e. The number of aromatic nitrogens is 3. The van der Waals surface area contributed by atoms with Gasteiger partial charge in [0.25, 0.3) is 0 Å². The van der Waals surface area contributed by atoms with Crippen molar-refractivity contribution < 1.29 is 0 Å². The van der Waals surface area contributed by atoms with Crippen LogP contribution in [0.1, 0.15) is 5.56 Å². The molecule has 1 heterocycles. The highest BCUT2D eigenvalue weighted by Crippen LogP contribution is 2.10. The maximum absolute atomic E-state index is 4.19. The molecule has 0 N–H and O–H groups in total. The Morgan fingerprint density at radius 3 is 2.80 bits per heavy atom. The van der Waals surface area contributed by atoms with Crippen molar-refractivity contribution in [2.75, 3.05) is 6.26 Å². The van der Waals surface area contributed by atoms with Gasteiger partial charge in [-0.2, -0.15) is 5.10 Å². The van der Waals surface area contributed by atoms with Crippen LogP contribution in [0, 0.1) is 0 Å². The van der Waals surface area contributed by atoms with Gasteiger partial charge in [-0.05, 0) is 18.2 Å². The number of thioether (sulfide) groups is 1. The van der Waals surface area contributed by atoms with Crippen LogP contribution >= 0.6 is 11.8 Å². The lowest BCUT2D eigenvalue weighted by molar-refractivity contribution is 0.560. The van der Waals surface area contributed by atoms with Crippen molar-refractivity contribution in [2.24, 2.45) is 0 Å². The van der Waals surface area contributed by atoms with E-state index in [2.05, 4.69) is 34.3 Å². The van der Waals surface area contributed by atoms with Crippen molar-refractivity contribution >= 4 is 11.8 Å². The first-order valence-electron chi connectivity index (χ1n) is 4.86. The van der Waals surface area contributed by atoms with Crippen molar-refractivity contribution in [2.45, 2.75) is 18.1 Å². The van der Waals surface area contributed by atoms with Crippen LogP contribution in [0.15, 0.2) is 41.8 Å². The number of hydrogen-bond donors (Lipinski definition) is 0. The van der Waals surface area contributed by atoms with E-state index < -0.39 is 0 Å². The Balaban J connectivity index is 1.99. The molecule has 1 aromatic carbocycles. The molecule has 0 aliphatic carbocycles. The van der Waals surface area contributed by atoms with Gasteiger partial charge < -0.3 is 0 Å². The van der Waals surface area contributed by atoms with Crippen molar-refractivity contribution in [3.05, 3.63) is 42.2 Å². The number of rotatable bonds is 4. The van der Waals surface area contributed by atoms with Crippen LogP contribution in [0.5, 0.6) is 0 Å². The zero-order valence-corrected chi connectivity index (χ0v) is 9.44. The van der Waals surface area contributed by atoms with Crippen LogP contribution in [0.25, 0.3) is 0 Å². The predicted molar refractivity (Wildman–Crippen MR) is 61.9 cm³/mol. The van der Waals surface area contributed by atoms with Crippen LogP contribution in [0.4, 0.5) is 0 Å². The van der Waals surface area contributed by atoms with Gasteiger partial charge in [0.1, 0.15) is 6.33 Å². The summed E-state index contributed by atoms with van der Waals surface area (Å²) in [5.41, 5.74) is 1.33. The van der Waals surface area contributed by atoms with Gasteiger partial charge >= 0.3 is 0 Å². The summed E-state index contributed by atoms with van der Waals surface area (Å²) >= 11 is 1.63. The highest BCUT2D eigenvalue weighted by atomic mass is 32.2. The van der Waals surface area contributed by atoms with Crippen LogP contribution in [0.2, 0.25) is 0 Å². The maximum atomic E-state index is 4.19.